The second kappa shape index (κ2) is 9.45. The minimum Gasteiger partial charge on any atom is -0.378 e. The second-order valence-corrected chi connectivity index (χ2v) is 9.90. The summed E-state index contributed by atoms with van der Waals surface area (Å²) in [6.45, 7) is 4.42. The van der Waals surface area contributed by atoms with E-state index in [4.69, 9.17) is 4.74 Å². The van der Waals surface area contributed by atoms with E-state index in [0.717, 1.165) is 23.8 Å². The monoisotopic (exact) mass is 452 g/mol. The van der Waals surface area contributed by atoms with Crippen molar-refractivity contribution in [1.29, 1.82) is 0 Å². The van der Waals surface area contributed by atoms with Gasteiger partial charge in [-0.1, -0.05) is 0 Å². The second-order valence-electron chi connectivity index (χ2n) is 7.81. The lowest BCUT2D eigenvalue weighted by molar-refractivity contribution is -0.147. The summed E-state index contributed by atoms with van der Waals surface area (Å²) in [6, 6.07) is 1.84. The Hall–Kier alpha value is -2.31. The number of sulfonamides is 1. The molecular weight excluding hydrogens is 424 g/mol. The summed E-state index contributed by atoms with van der Waals surface area (Å²) in [6.07, 6.45) is 2.87. The normalized spacial score (nSPS) is 21.6. The fourth-order valence-corrected chi connectivity index (χ4v) is 5.40. The molecule has 0 unspecified atom stereocenters. The fourth-order valence-electron chi connectivity index (χ4n) is 4.01. The van der Waals surface area contributed by atoms with E-state index in [9.17, 15) is 18.0 Å². The Labute approximate surface area is 182 Å². The van der Waals surface area contributed by atoms with Crippen molar-refractivity contribution in [2.75, 3.05) is 74.6 Å². The molecule has 4 rings (SSSR count). The molecule has 170 valence electrons. The number of hydrogen-bond acceptors (Lipinski definition) is 9. The lowest BCUT2D eigenvalue weighted by atomic mass is 10.1. The van der Waals surface area contributed by atoms with Gasteiger partial charge < -0.3 is 14.5 Å². The van der Waals surface area contributed by atoms with Crippen LogP contribution in [-0.4, -0.2) is 104 Å². The van der Waals surface area contributed by atoms with Crippen molar-refractivity contribution in [3.63, 3.8) is 0 Å². The van der Waals surface area contributed by atoms with Crippen LogP contribution in [0.25, 0.3) is 0 Å². The molecule has 0 spiro atoms. The summed E-state index contributed by atoms with van der Waals surface area (Å²) in [5.41, 5.74) is 0. The van der Waals surface area contributed by atoms with E-state index in [1.807, 2.05) is 6.07 Å². The van der Waals surface area contributed by atoms with Crippen molar-refractivity contribution in [3.8, 4) is 0 Å². The summed E-state index contributed by atoms with van der Waals surface area (Å²) in [4.78, 5) is 38.1. The van der Waals surface area contributed by atoms with E-state index in [-0.39, 0.29) is 24.1 Å². The highest BCUT2D eigenvalue weighted by Gasteiger charge is 2.31. The van der Waals surface area contributed by atoms with Crippen molar-refractivity contribution in [2.45, 2.75) is 19.3 Å². The molecule has 12 heteroatoms. The molecule has 0 aliphatic carbocycles. The maximum atomic E-state index is 12.8. The van der Waals surface area contributed by atoms with Crippen LogP contribution in [0.1, 0.15) is 19.3 Å². The van der Waals surface area contributed by atoms with Gasteiger partial charge in [-0.3, -0.25) is 14.5 Å². The minimum atomic E-state index is -3.55. The van der Waals surface area contributed by atoms with E-state index in [1.54, 1.807) is 6.20 Å². The molecule has 1 aromatic rings. The van der Waals surface area contributed by atoms with Crippen LogP contribution in [0.15, 0.2) is 12.3 Å². The molecule has 31 heavy (non-hydrogen) atoms. The molecule has 11 nitrogen and oxygen atoms in total. The molecule has 0 bridgehead atoms. The fraction of sp³-hybridized carbons (Fsp3) is 0.684. The number of amides is 2. The maximum Gasteiger partial charge on any atom is 0.229 e. The average molecular weight is 453 g/mol. The molecule has 0 N–H and O–H groups in total. The zero-order valence-corrected chi connectivity index (χ0v) is 18.3. The first-order chi connectivity index (χ1) is 14.9. The molecule has 0 aromatic carbocycles. The third-order valence-electron chi connectivity index (χ3n) is 5.83. The highest BCUT2D eigenvalue weighted by Crippen LogP contribution is 2.19. The molecule has 3 aliphatic heterocycles. The van der Waals surface area contributed by atoms with Crippen LogP contribution in [-0.2, 0) is 24.3 Å². The predicted octanol–water partition coefficient (Wildman–Crippen LogP) is -0.696. The lowest BCUT2D eigenvalue weighted by Gasteiger charge is -2.35. The van der Waals surface area contributed by atoms with Crippen LogP contribution in [0.3, 0.4) is 0 Å². The number of piperazine rings is 1. The van der Waals surface area contributed by atoms with E-state index in [0.29, 0.717) is 64.6 Å². The molecule has 2 amide bonds. The molecule has 4 heterocycles. The third-order valence-corrected chi connectivity index (χ3v) is 7.68. The van der Waals surface area contributed by atoms with Gasteiger partial charge in [-0.2, -0.15) is 9.29 Å². The van der Waals surface area contributed by atoms with Crippen molar-refractivity contribution in [2.24, 2.45) is 0 Å². The first kappa shape index (κ1) is 21.9. The van der Waals surface area contributed by atoms with E-state index < -0.39 is 10.0 Å². The van der Waals surface area contributed by atoms with E-state index >= 15 is 0 Å². The van der Waals surface area contributed by atoms with Crippen LogP contribution >= 0.6 is 0 Å². The van der Waals surface area contributed by atoms with Gasteiger partial charge in [0.05, 0.1) is 19.0 Å². The van der Waals surface area contributed by atoms with Crippen molar-refractivity contribution < 1.29 is 22.7 Å². The summed E-state index contributed by atoms with van der Waals surface area (Å²) in [5.74, 6) is 0.635. The third kappa shape index (κ3) is 5.13. The number of ether oxygens (including phenoxy) is 1. The predicted molar refractivity (Wildman–Crippen MR) is 113 cm³/mol. The summed E-state index contributed by atoms with van der Waals surface area (Å²) >= 11 is 0. The molecule has 3 fully saturated rings. The Kier molecular flexibility index (Phi) is 6.68. The van der Waals surface area contributed by atoms with Gasteiger partial charge in [0.15, 0.2) is 0 Å². The van der Waals surface area contributed by atoms with Crippen LogP contribution in [0.2, 0.25) is 0 Å². The van der Waals surface area contributed by atoms with Crippen molar-refractivity contribution in [1.82, 2.24) is 19.2 Å². The lowest BCUT2D eigenvalue weighted by Crippen LogP contribution is -2.51. The van der Waals surface area contributed by atoms with Gasteiger partial charge in [0, 0.05) is 64.9 Å². The van der Waals surface area contributed by atoms with E-state index in [1.165, 1.54) is 4.31 Å². The molecule has 0 radical (unpaired) electrons. The Morgan fingerprint density at radius 2 is 1.61 bits per heavy atom. The average Bonchev–Trinajstić information content (AvgIpc) is 2.79. The van der Waals surface area contributed by atoms with Gasteiger partial charge in [-0.25, -0.2) is 13.4 Å². The van der Waals surface area contributed by atoms with Crippen molar-refractivity contribution in [3.05, 3.63) is 12.3 Å². The summed E-state index contributed by atoms with van der Waals surface area (Å²) < 4.78 is 32.3. The first-order valence-electron chi connectivity index (χ1n) is 10.7. The van der Waals surface area contributed by atoms with E-state index in [2.05, 4.69) is 19.8 Å². The van der Waals surface area contributed by atoms with Crippen LogP contribution in [0, 0.1) is 0 Å². The quantitative estimate of drug-likeness (QED) is 0.517. The number of anilines is 2. The Bertz CT molecular complexity index is 896. The van der Waals surface area contributed by atoms with Gasteiger partial charge in [-0.15, -0.1) is 0 Å². The number of morpholine rings is 1. The molecule has 0 atom stereocenters. The van der Waals surface area contributed by atoms with Crippen molar-refractivity contribution >= 4 is 33.6 Å². The van der Waals surface area contributed by atoms with Crippen LogP contribution in [0.4, 0.5) is 11.8 Å². The molecular formula is C19H28N6O5S. The Morgan fingerprint density at radius 3 is 2.29 bits per heavy atom. The number of imide groups is 1. The smallest absolute Gasteiger partial charge is 0.229 e. The van der Waals surface area contributed by atoms with Gasteiger partial charge >= 0.3 is 0 Å². The maximum absolute atomic E-state index is 12.8. The zero-order valence-electron chi connectivity index (χ0n) is 17.5. The van der Waals surface area contributed by atoms with Gasteiger partial charge in [0.1, 0.15) is 5.82 Å². The molecule has 3 saturated heterocycles. The zero-order chi connectivity index (χ0) is 21.8. The molecule has 0 saturated carbocycles. The summed E-state index contributed by atoms with van der Waals surface area (Å²) in [7, 11) is -3.55. The Morgan fingerprint density at radius 1 is 0.935 bits per heavy atom. The number of hydrogen-bond donors (Lipinski definition) is 0. The number of carbonyl (C=O) groups is 2. The number of nitrogens with zero attached hydrogens (tertiary/aromatic N) is 6. The SMILES string of the molecule is O=C1CCCC(=O)N1CCS(=O)(=O)N1CCN(c2ccnc(N3CCOCC3)n2)CC1. The number of rotatable bonds is 6. The molecule has 1 aromatic heterocycles. The van der Waals surface area contributed by atoms with Gasteiger partial charge in [0.2, 0.25) is 27.8 Å². The van der Waals surface area contributed by atoms with Gasteiger partial charge in [-0.05, 0) is 12.5 Å². The minimum absolute atomic E-state index is 0.0744. The standard InChI is InChI=1S/C19H28N6O5S/c26-17-2-1-3-18(27)25(17)12-15-31(28,29)24-8-6-22(7-9-24)16-4-5-20-19(21-16)23-10-13-30-14-11-23/h4-5H,1-3,6-15H2. The number of aromatic nitrogens is 2. The molecule has 3 aliphatic rings. The number of piperidine rings is 1. The number of carbonyl (C=O) groups excluding carboxylic acids is 2. The van der Waals surface area contributed by atoms with Gasteiger partial charge in [0.25, 0.3) is 0 Å². The largest absolute Gasteiger partial charge is 0.378 e. The highest BCUT2D eigenvalue weighted by atomic mass is 32.2. The van der Waals surface area contributed by atoms with Crippen LogP contribution in [0.5, 0.6) is 0 Å². The Balaban J connectivity index is 1.32. The number of likely N-dealkylation sites (tertiary alicyclic amines) is 1. The topological polar surface area (TPSA) is 116 Å². The highest BCUT2D eigenvalue weighted by molar-refractivity contribution is 7.89. The summed E-state index contributed by atoms with van der Waals surface area (Å²) in [5, 5.41) is 0. The first-order valence-corrected chi connectivity index (χ1v) is 12.3. The van der Waals surface area contributed by atoms with Crippen LogP contribution < -0.4 is 9.80 Å².